The summed E-state index contributed by atoms with van der Waals surface area (Å²) in [7, 11) is 0. The summed E-state index contributed by atoms with van der Waals surface area (Å²) in [6.07, 6.45) is 102. The highest BCUT2D eigenvalue weighted by Crippen LogP contribution is 2.14. The summed E-state index contributed by atoms with van der Waals surface area (Å²) in [5.41, 5.74) is 0. The van der Waals surface area contributed by atoms with Gasteiger partial charge in [0.1, 0.15) is 13.2 Å². The maximum absolute atomic E-state index is 13.0. The molecule has 0 amide bonds. The predicted octanol–water partition coefficient (Wildman–Crippen LogP) is 23.4. The second-order valence-corrected chi connectivity index (χ2v) is 21.6. The van der Waals surface area contributed by atoms with Crippen LogP contribution in [0.3, 0.4) is 0 Å². The molecule has 0 rings (SSSR count). The topological polar surface area (TPSA) is 78.9 Å². The first-order valence-corrected chi connectivity index (χ1v) is 33.6. The van der Waals surface area contributed by atoms with Crippen LogP contribution in [0.5, 0.6) is 0 Å². The average molecular weight is 1140 g/mol. The molecule has 0 spiro atoms. The zero-order valence-electron chi connectivity index (χ0n) is 53.4. The van der Waals surface area contributed by atoms with Crippen molar-refractivity contribution in [1.82, 2.24) is 0 Å². The van der Waals surface area contributed by atoms with Crippen molar-refractivity contribution in [2.45, 2.75) is 284 Å². The first-order valence-electron chi connectivity index (χ1n) is 33.6. The number of hydrogen-bond acceptors (Lipinski definition) is 6. The highest BCUT2D eigenvalue weighted by Gasteiger charge is 2.19. The van der Waals surface area contributed by atoms with Gasteiger partial charge in [0, 0.05) is 19.3 Å². The highest BCUT2D eigenvalue weighted by atomic mass is 16.6. The standard InChI is InChI=1S/C77H122O6/c1-4-7-10-13-16-19-22-25-28-31-34-36-38-40-43-46-49-52-55-58-61-64-67-70-76(79)82-73-74(72-81-75(78)69-66-63-60-57-54-51-48-45-42-33-30-27-24-21-18-15-12-9-6-3)83-77(80)71-68-65-62-59-56-53-50-47-44-41-39-37-35-32-29-26-23-20-17-14-11-8-5-2/h7-8,10-11,16-21,25-30,34-37,40-45,49,52,74H,4-6,9,12-15,22-24,31-33,38-39,46-48,50-51,53-73H2,1-3H3/b10-7-,11-8-,19-16-,20-17-,21-18-,28-25-,29-26-,30-27-,36-34-,37-35-,43-40-,44-41-,45-42-,52-49-. The Kier molecular flexibility index (Phi) is 64.9. The van der Waals surface area contributed by atoms with E-state index in [1.807, 2.05) is 0 Å². The van der Waals surface area contributed by atoms with E-state index < -0.39 is 6.10 Å². The van der Waals surface area contributed by atoms with Crippen molar-refractivity contribution in [2.24, 2.45) is 0 Å². The molecular weight excluding hydrogens is 1020 g/mol. The van der Waals surface area contributed by atoms with E-state index in [-0.39, 0.29) is 31.1 Å². The number of hydrogen-bond donors (Lipinski definition) is 0. The van der Waals surface area contributed by atoms with Crippen LogP contribution in [0.25, 0.3) is 0 Å². The fraction of sp³-hybridized carbons (Fsp3) is 0.597. The van der Waals surface area contributed by atoms with Gasteiger partial charge in [0.25, 0.3) is 0 Å². The smallest absolute Gasteiger partial charge is 0.306 e. The Hall–Kier alpha value is -5.23. The summed E-state index contributed by atoms with van der Waals surface area (Å²) < 4.78 is 16.9. The van der Waals surface area contributed by atoms with Gasteiger partial charge in [-0.2, -0.15) is 0 Å². The lowest BCUT2D eigenvalue weighted by molar-refractivity contribution is -0.167. The summed E-state index contributed by atoms with van der Waals surface area (Å²) in [4.78, 5) is 38.5. The molecule has 0 N–H and O–H groups in total. The van der Waals surface area contributed by atoms with Gasteiger partial charge in [-0.25, -0.2) is 0 Å². The monoisotopic (exact) mass is 1140 g/mol. The van der Waals surface area contributed by atoms with E-state index in [9.17, 15) is 14.4 Å². The second-order valence-electron chi connectivity index (χ2n) is 21.6. The van der Waals surface area contributed by atoms with Crippen LogP contribution in [-0.4, -0.2) is 37.2 Å². The third kappa shape index (κ3) is 67.4. The first kappa shape index (κ1) is 77.8. The molecule has 0 aromatic rings. The van der Waals surface area contributed by atoms with Gasteiger partial charge in [0.05, 0.1) is 0 Å². The van der Waals surface area contributed by atoms with Crippen LogP contribution in [0, 0.1) is 0 Å². The lowest BCUT2D eigenvalue weighted by atomic mass is 10.1. The maximum Gasteiger partial charge on any atom is 0.306 e. The molecule has 0 saturated carbocycles. The molecule has 0 aliphatic heterocycles. The Morgan fingerprint density at radius 2 is 0.470 bits per heavy atom. The quantitative estimate of drug-likeness (QED) is 0.0261. The van der Waals surface area contributed by atoms with E-state index in [0.29, 0.717) is 19.3 Å². The van der Waals surface area contributed by atoms with E-state index in [4.69, 9.17) is 14.2 Å². The summed E-state index contributed by atoms with van der Waals surface area (Å²) in [6.45, 7) is 6.35. The Morgan fingerprint density at radius 1 is 0.253 bits per heavy atom. The molecule has 6 nitrogen and oxygen atoms in total. The van der Waals surface area contributed by atoms with Gasteiger partial charge in [0.2, 0.25) is 0 Å². The largest absolute Gasteiger partial charge is 0.462 e. The Bertz CT molecular complexity index is 1890. The normalized spacial score (nSPS) is 13.2. The molecule has 1 atom stereocenters. The molecule has 0 heterocycles. The zero-order chi connectivity index (χ0) is 59.9. The van der Waals surface area contributed by atoms with Crippen LogP contribution < -0.4 is 0 Å². The number of unbranched alkanes of at least 4 members (excludes halogenated alkanes) is 20. The lowest BCUT2D eigenvalue weighted by Gasteiger charge is -2.18. The van der Waals surface area contributed by atoms with Crippen molar-refractivity contribution in [3.8, 4) is 0 Å². The fourth-order valence-electron chi connectivity index (χ4n) is 8.71. The Balaban J connectivity index is 4.53. The lowest BCUT2D eigenvalue weighted by Crippen LogP contribution is -2.30. The van der Waals surface area contributed by atoms with Crippen LogP contribution in [-0.2, 0) is 28.6 Å². The summed E-state index contributed by atoms with van der Waals surface area (Å²) in [5.74, 6) is -0.955. The number of ether oxygens (including phenoxy) is 3. The minimum absolute atomic E-state index is 0.106. The van der Waals surface area contributed by atoms with Gasteiger partial charge in [-0.05, 0) is 154 Å². The van der Waals surface area contributed by atoms with Crippen LogP contribution >= 0.6 is 0 Å². The SMILES string of the molecule is CC/C=C\C/C=C\C/C=C\C/C=C\C/C=C\C/C=C\CCCCCCC(=O)OCC(COC(=O)CCCCCCCC/C=C\C/C=C\C/C=C\CCCCC)OC(=O)CCCCCCCCC/C=C\C/C=C\C/C=C\C/C=C\C/C=C\CC. The van der Waals surface area contributed by atoms with Gasteiger partial charge in [-0.3, -0.25) is 14.4 Å². The summed E-state index contributed by atoms with van der Waals surface area (Å²) >= 11 is 0. The molecule has 466 valence electrons. The van der Waals surface area contributed by atoms with Crippen LogP contribution in [0.1, 0.15) is 278 Å². The van der Waals surface area contributed by atoms with Crippen molar-refractivity contribution in [3.05, 3.63) is 170 Å². The number of allylic oxidation sites excluding steroid dienone is 28. The molecule has 0 aromatic carbocycles. The highest BCUT2D eigenvalue weighted by molar-refractivity contribution is 5.71. The van der Waals surface area contributed by atoms with E-state index in [1.54, 1.807) is 0 Å². The van der Waals surface area contributed by atoms with Crippen molar-refractivity contribution < 1.29 is 28.6 Å². The van der Waals surface area contributed by atoms with Gasteiger partial charge >= 0.3 is 17.9 Å². The van der Waals surface area contributed by atoms with Gasteiger partial charge in [-0.1, -0.05) is 274 Å². The molecule has 0 radical (unpaired) electrons. The van der Waals surface area contributed by atoms with Crippen LogP contribution in [0.2, 0.25) is 0 Å². The molecule has 0 saturated heterocycles. The van der Waals surface area contributed by atoms with E-state index >= 15 is 0 Å². The minimum atomic E-state index is -0.813. The molecule has 0 aliphatic carbocycles. The Labute approximate surface area is 511 Å². The van der Waals surface area contributed by atoms with Crippen LogP contribution in [0.15, 0.2) is 170 Å². The third-order valence-corrected chi connectivity index (χ3v) is 13.7. The second kappa shape index (κ2) is 69.3. The zero-order valence-corrected chi connectivity index (χ0v) is 53.4. The van der Waals surface area contributed by atoms with E-state index in [2.05, 4.69) is 191 Å². The molecule has 0 aromatic heterocycles. The van der Waals surface area contributed by atoms with Crippen molar-refractivity contribution in [1.29, 1.82) is 0 Å². The van der Waals surface area contributed by atoms with Gasteiger partial charge in [0.15, 0.2) is 6.10 Å². The van der Waals surface area contributed by atoms with Crippen molar-refractivity contribution in [3.63, 3.8) is 0 Å². The number of carbonyl (C=O) groups excluding carboxylic acids is 3. The first-order chi connectivity index (χ1) is 41.0. The van der Waals surface area contributed by atoms with E-state index in [0.717, 1.165) is 180 Å². The molecule has 1 unspecified atom stereocenters. The van der Waals surface area contributed by atoms with Crippen molar-refractivity contribution in [2.75, 3.05) is 13.2 Å². The fourth-order valence-corrected chi connectivity index (χ4v) is 8.71. The predicted molar refractivity (Wildman–Crippen MR) is 361 cm³/mol. The molecule has 0 bridgehead atoms. The number of esters is 3. The summed E-state index contributed by atoms with van der Waals surface area (Å²) in [5, 5.41) is 0. The molecular formula is C77H122O6. The molecule has 83 heavy (non-hydrogen) atoms. The molecule has 0 fully saturated rings. The maximum atomic E-state index is 13.0. The summed E-state index contributed by atoms with van der Waals surface area (Å²) in [6, 6.07) is 0. The van der Waals surface area contributed by atoms with Crippen molar-refractivity contribution >= 4 is 17.9 Å². The number of carbonyl (C=O) groups is 3. The molecule has 0 aliphatic rings. The molecule has 6 heteroatoms. The van der Waals surface area contributed by atoms with E-state index in [1.165, 1.54) is 57.8 Å². The Morgan fingerprint density at radius 3 is 0.735 bits per heavy atom. The average Bonchev–Trinajstić information content (AvgIpc) is 3.49. The van der Waals surface area contributed by atoms with Gasteiger partial charge < -0.3 is 14.2 Å². The third-order valence-electron chi connectivity index (χ3n) is 13.7. The number of rotatable bonds is 59. The van der Waals surface area contributed by atoms with Crippen LogP contribution in [0.4, 0.5) is 0 Å². The minimum Gasteiger partial charge on any atom is -0.462 e. The van der Waals surface area contributed by atoms with Gasteiger partial charge in [-0.15, -0.1) is 0 Å².